The zero-order valence-electron chi connectivity index (χ0n) is 14.8. The molecule has 0 bridgehead atoms. The van der Waals surface area contributed by atoms with E-state index in [-0.39, 0.29) is 10.6 Å². The lowest BCUT2D eigenvalue weighted by molar-refractivity contribution is 0.102. The topological polar surface area (TPSA) is 93.5 Å². The first-order chi connectivity index (χ1) is 12.4. The number of amides is 1. The molecule has 1 aliphatic rings. The average molecular weight is 378 g/mol. The molecule has 1 N–H and O–H groups in total. The lowest BCUT2D eigenvalue weighted by atomic mass is 10.2. The molecule has 26 heavy (non-hydrogen) atoms. The van der Waals surface area contributed by atoms with Gasteiger partial charge in [0.2, 0.25) is 5.03 Å². The van der Waals surface area contributed by atoms with Crippen molar-refractivity contribution < 1.29 is 17.9 Å². The molecule has 1 amide bonds. The van der Waals surface area contributed by atoms with Crippen molar-refractivity contribution in [2.24, 2.45) is 7.05 Å². The fraction of sp³-hybridized carbons (Fsp3) is 0.412. The van der Waals surface area contributed by atoms with E-state index < -0.39 is 15.9 Å². The third-order valence-corrected chi connectivity index (χ3v) is 6.10. The van der Waals surface area contributed by atoms with E-state index in [1.165, 1.54) is 22.3 Å². The molecule has 0 radical (unpaired) electrons. The van der Waals surface area contributed by atoms with Crippen LogP contribution >= 0.6 is 0 Å². The molecule has 0 aliphatic carbocycles. The van der Waals surface area contributed by atoms with Gasteiger partial charge in [0.25, 0.3) is 15.9 Å². The van der Waals surface area contributed by atoms with Crippen molar-refractivity contribution in [3.05, 3.63) is 36.0 Å². The van der Waals surface area contributed by atoms with Gasteiger partial charge in [-0.1, -0.05) is 12.5 Å². The molecule has 1 aliphatic heterocycles. The number of hydrogen-bond acceptors (Lipinski definition) is 5. The Morgan fingerprint density at radius 3 is 2.65 bits per heavy atom. The number of ether oxygens (including phenoxy) is 1. The van der Waals surface area contributed by atoms with Crippen molar-refractivity contribution in [3.8, 4) is 5.75 Å². The number of aromatic nitrogens is 2. The number of methoxy groups -OCH3 is 1. The highest BCUT2D eigenvalue weighted by Crippen LogP contribution is 2.24. The van der Waals surface area contributed by atoms with Gasteiger partial charge in [-0.05, 0) is 25.0 Å². The first-order valence-electron chi connectivity index (χ1n) is 8.41. The molecule has 0 unspecified atom stereocenters. The monoisotopic (exact) mass is 378 g/mol. The third kappa shape index (κ3) is 3.73. The molecule has 3 rings (SSSR count). The maximum Gasteiger partial charge on any atom is 0.263 e. The van der Waals surface area contributed by atoms with Crippen LogP contribution in [0.15, 0.2) is 35.5 Å². The van der Waals surface area contributed by atoms with Gasteiger partial charge in [0.15, 0.2) is 0 Å². The summed E-state index contributed by atoms with van der Waals surface area (Å²) in [4.78, 5) is 12.7. The van der Waals surface area contributed by atoms with Crippen LogP contribution in [0.3, 0.4) is 0 Å². The van der Waals surface area contributed by atoms with Crippen LogP contribution in [0.1, 0.15) is 29.6 Å². The van der Waals surface area contributed by atoms with Gasteiger partial charge < -0.3 is 10.1 Å². The van der Waals surface area contributed by atoms with Gasteiger partial charge >= 0.3 is 0 Å². The number of benzene rings is 1. The molecular weight excluding hydrogens is 356 g/mol. The number of hydrogen-bond donors (Lipinski definition) is 1. The summed E-state index contributed by atoms with van der Waals surface area (Å²) in [5.41, 5.74) is 0.542. The van der Waals surface area contributed by atoms with Gasteiger partial charge in [-0.15, -0.1) is 0 Å². The molecule has 0 saturated carbocycles. The van der Waals surface area contributed by atoms with Crippen molar-refractivity contribution in [2.45, 2.75) is 24.3 Å². The summed E-state index contributed by atoms with van der Waals surface area (Å²) >= 11 is 0. The van der Waals surface area contributed by atoms with E-state index in [1.54, 1.807) is 31.3 Å². The van der Waals surface area contributed by atoms with Crippen molar-refractivity contribution in [3.63, 3.8) is 0 Å². The molecular formula is C17H22N4O4S. The number of anilines is 1. The molecule has 2 aromatic rings. The zero-order valence-corrected chi connectivity index (χ0v) is 15.6. The van der Waals surface area contributed by atoms with Crippen LogP contribution in [0, 0.1) is 0 Å². The first-order valence-corrected chi connectivity index (χ1v) is 9.85. The number of rotatable bonds is 5. The highest BCUT2D eigenvalue weighted by Gasteiger charge is 2.33. The number of piperidine rings is 1. The minimum absolute atomic E-state index is 0.0286. The van der Waals surface area contributed by atoms with E-state index in [0.717, 1.165) is 19.3 Å². The summed E-state index contributed by atoms with van der Waals surface area (Å²) in [6.07, 6.45) is 4.07. The second-order valence-corrected chi connectivity index (χ2v) is 8.03. The Labute approximate surface area is 152 Å². The molecule has 2 heterocycles. The Morgan fingerprint density at radius 1 is 1.23 bits per heavy atom. The maximum atomic E-state index is 12.9. The standard InChI is InChI=1S/C17H22N4O4S/c1-20-12-15(16(22)18-13-7-6-8-14(11-13)25-2)17(19-20)26(23,24)21-9-4-3-5-10-21/h6-8,11-12H,3-5,9-10H2,1-2H3,(H,18,22). The average Bonchev–Trinajstić information content (AvgIpc) is 3.05. The largest absolute Gasteiger partial charge is 0.497 e. The molecule has 0 atom stereocenters. The summed E-state index contributed by atoms with van der Waals surface area (Å²) in [5, 5.41) is 6.56. The maximum absolute atomic E-state index is 12.9. The van der Waals surface area contributed by atoms with E-state index in [4.69, 9.17) is 4.74 Å². The minimum atomic E-state index is -3.81. The summed E-state index contributed by atoms with van der Waals surface area (Å²) < 4.78 is 33.7. The van der Waals surface area contributed by atoms with Crippen LogP contribution < -0.4 is 10.1 Å². The summed E-state index contributed by atoms with van der Waals surface area (Å²) in [5.74, 6) is 0.0667. The number of aryl methyl sites for hydroxylation is 1. The van der Waals surface area contributed by atoms with E-state index in [0.29, 0.717) is 24.5 Å². The van der Waals surface area contributed by atoms with Gasteiger partial charge in [0.1, 0.15) is 5.75 Å². The quantitative estimate of drug-likeness (QED) is 0.857. The number of sulfonamides is 1. The van der Waals surface area contributed by atoms with Crippen LogP contribution in [-0.4, -0.2) is 48.6 Å². The predicted octanol–water partition coefficient (Wildman–Crippen LogP) is 1.86. The Morgan fingerprint density at radius 2 is 1.96 bits per heavy atom. The van der Waals surface area contributed by atoms with Crippen molar-refractivity contribution in [1.29, 1.82) is 0 Å². The van der Waals surface area contributed by atoms with Crippen molar-refractivity contribution in [2.75, 3.05) is 25.5 Å². The van der Waals surface area contributed by atoms with Gasteiger partial charge in [-0.25, -0.2) is 8.42 Å². The van der Waals surface area contributed by atoms with E-state index in [1.807, 2.05) is 0 Å². The molecule has 0 spiro atoms. The normalized spacial score (nSPS) is 15.6. The number of carbonyl (C=O) groups excluding carboxylic acids is 1. The SMILES string of the molecule is COc1cccc(NC(=O)c2cn(C)nc2S(=O)(=O)N2CCCCC2)c1. The third-order valence-electron chi connectivity index (χ3n) is 4.27. The Hall–Kier alpha value is -2.39. The van der Waals surface area contributed by atoms with Crippen LogP contribution in [0.5, 0.6) is 5.75 Å². The first kappa shape index (κ1) is 18.4. The van der Waals surface area contributed by atoms with E-state index in [9.17, 15) is 13.2 Å². The van der Waals surface area contributed by atoms with Crippen LogP contribution in [0.4, 0.5) is 5.69 Å². The lowest BCUT2D eigenvalue weighted by Gasteiger charge is -2.25. The Bertz CT molecular complexity index is 901. The summed E-state index contributed by atoms with van der Waals surface area (Å²) in [6.45, 7) is 0.908. The number of nitrogens with zero attached hydrogens (tertiary/aromatic N) is 3. The molecule has 1 saturated heterocycles. The Kier molecular flexibility index (Phi) is 5.28. The smallest absolute Gasteiger partial charge is 0.263 e. The fourth-order valence-corrected chi connectivity index (χ4v) is 4.58. The zero-order chi connectivity index (χ0) is 18.7. The molecule has 1 aromatic carbocycles. The van der Waals surface area contributed by atoms with E-state index in [2.05, 4.69) is 10.4 Å². The van der Waals surface area contributed by atoms with Gasteiger partial charge in [-0.3, -0.25) is 9.48 Å². The molecule has 140 valence electrons. The highest BCUT2D eigenvalue weighted by atomic mass is 32.2. The second kappa shape index (κ2) is 7.46. The van der Waals surface area contributed by atoms with Crippen LogP contribution in [0.2, 0.25) is 0 Å². The van der Waals surface area contributed by atoms with Gasteiger partial charge in [0, 0.05) is 38.1 Å². The predicted molar refractivity (Wildman–Crippen MR) is 96.8 cm³/mol. The molecule has 8 nitrogen and oxygen atoms in total. The van der Waals surface area contributed by atoms with Crippen molar-refractivity contribution >= 4 is 21.6 Å². The molecule has 1 fully saturated rings. The van der Waals surface area contributed by atoms with E-state index >= 15 is 0 Å². The van der Waals surface area contributed by atoms with Crippen molar-refractivity contribution in [1.82, 2.24) is 14.1 Å². The van der Waals surface area contributed by atoms with Crippen LogP contribution in [-0.2, 0) is 17.1 Å². The fourth-order valence-electron chi connectivity index (χ4n) is 2.94. The number of carbonyl (C=O) groups is 1. The molecule has 9 heteroatoms. The summed E-state index contributed by atoms with van der Waals surface area (Å²) in [7, 11) is -0.678. The second-order valence-electron chi connectivity index (χ2n) is 6.17. The van der Waals surface area contributed by atoms with Gasteiger partial charge in [-0.2, -0.15) is 9.40 Å². The highest BCUT2D eigenvalue weighted by molar-refractivity contribution is 7.89. The number of nitrogens with one attached hydrogen (secondary N) is 1. The minimum Gasteiger partial charge on any atom is -0.497 e. The molecule has 1 aromatic heterocycles. The van der Waals surface area contributed by atoms with Crippen LogP contribution in [0.25, 0.3) is 0 Å². The Balaban J connectivity index is 1.89. The lowest BCUT2D eigenvalue weighted by Crippen LogP contribution is -2.36. The summed E-state index contributed by atoms with van der Waals surface area (Å²) in [6, 6.07) is 6.86. The van der Waals surface area contributed by atoms with Gasteiger partial charge in [0.05, 0.1) is 12.7 Å².